The molecule has 5 heteroatoms. The number of benzene rings is 3. The maximum Gasteiger partial charge on any atom is 0.255 e. The lowest BCUT2D eigenvalue weighted by molar-refractivity contribution is 0.0597. The van der Waals surface area contributed by atoms with Crippen molar-refractivity contribution in [2.45, 2.75) is 6.04 Å². The highest BCUT2D eigenvalue weighted by Gasteiger charge is 2.29. The Morgan fingerprint density at radius 2 is 1.38 bits per heavy atom. The summed E-state index contributed by atoms with van der Waals surface area (Å²) in [6, 6.07) is 26.7. The van der Waals surface area contributed by atoms with Crippen LogP contribution < -0.4 is 0 Å². The second kappa shape index (κ2) is 9.12. The van der Waals surface area contributed by atoms with Crippen LogP contribution in [0.1, 0.15) is 27.5 Å². The summed E-state index contributed by atoms with van der Waals surface area (Å²) in [5.41, 5.74) is 3.10. The molecular weight excluding hydrogens is 448 g/mol. The molecule has 0 atom stereocenters. The van der Waals surface area contributed by atoms with E-state index >= 15 is 0 Å². The van der Waals surface area contributed by atoms with Gasteiger partial charge in [-0.25, -0.2) is 0 Å². The van der Waals surface area contributed by atoms with Crippen molar-refractivity contribution < 1.29 is 4.79 Å². The molecule has 3 aromatic rings. The minimum atomic E-state index is -0.00748. The molecule has 0 spiro atoms. The Balaban J connectivity index is 1.52. The van der Waals surface area contributed by atoms with E-state index in [1.807, 2.05) is 23.1 Å². The maximum absolute atomic E-state index is 13.0. The topological polar surface area (TPSA) is 23.6 Å². The predicted molar refractivity (Wildman–Crippen MR) is 121 cm³/mol. The largest absolute Gasteiger partial charge is 0.336 e. The van der Waals surface area contributed by atoms with Crippen molar-refractivity contribution in [1.82, 2.24) is 9.80 Å². The highest BCUT2D eigenvalue weighted by molar-refractivity contribution is 9.10. The average Bonchev–Trinajstić information content (AvgIpc) is 2.77. The Bertz CT molecular complexity index is 933. The summed E-state index contributed by atoms with van der Waals surface area (Å²) in [6.07, 6.45) is 0. The molecule has 4 rings (SSSR count). The summed E-state index contributed by atoms with van der Waals surface area (Å²) < 4.78 is 0.858. The van der Waals surface area contributed by atoms with Crippen molar-refractivity contribution in [2.24, 2.45) is 0 Å². The molecule has 1 aliphatic heterocycles. The third-order valence-electron chi connectivity index (χ3n) is 5.36. The van der Waals surface area contributed by atoms with E-state index in [9.17, 15) is 4.79 Å². The van der Waals surface area contributed by atoms with E-state index in [1.54, 1.807) is 12.1 Å². The normalized spacial score (nSPS) is 14.9. The van der Waals surface area contributed by atoms with E-state index in [4.69, 9.17) is 11.6 Å². The fraction of sp³-hybridized carbons (Fsp3) is 0.208. The molecule has 0 aromatic heterocycles. The Kier molecular flexibility index (Phi) is 6.34. The summed E-state index contributed by atoms with van der Waals surface area (Å²) in [4.78, 5) is 17.3. The number of hydrogen-bond acceptors (Lipinski definition) is 2. The number of carbonyl (C=O) groups excluding carboxylic acids is 1. The van der Waals surface area contributed by atoms with Gasteiger partial charge in [0.05, 0.1) is 16.6 Å². The molecule has 1 heterocycles. The van der Waals surface area contributed by atoms with E-state index in [0.29, 0.717) is 23.7 Å². The predicted octanol–water partition coefficient (Wildman–Crippen LogP) is 5.65. The van der Waals surface area contributed by atoms with Crippen LogP contribution in [-0.4, -0.2) is 41.9 Å². The van der Waals surface area contributed by atoms with Gasteiger partial charge < -0.3 is 4.90 Å². The molecule has 1 fully saturated rings. The van der Waals surface area contributed by atoms with E-state index in [0.717, 1.165) is 17.6 Å². The van der Waals surface area contributed by atoms with Gasteiger partial charge in [-0.1, -0.05) is 88.2 Å². The SMILES string of the molecule is O=C(c1cc(Br)ccc1Cl)N1CCN(C(c2ccccc2)c2ccccc2)CC1. The second-order valence-electron chi connectivity index (χ2n) is 7.18. The molecule has 148 valence electrons. The molecule has 29 heavy (non-hydrogen) atoms. The number of halogens is 2. The Morgan fingerprint density at radius 3 is 1.93 bits per heavy atom. The summed E-state index contributed by atoms with van der Waals surface area (Å²) in [5, 5.41) is 0.493. The van der Waals surface area contributed by atoms with Crippen LogP contribution in [0.15, 0.2) is 83.3 Å². The molecule has 0 bridgehead atoms. The van der Waals surface area contributed by atoms with Crippen LogP contribution in [0.4, 0.5) is 0 Å². The summed E-state index contributed by atoms with van der Waals surface area (Å²) in [7, 11) is 0. The van der Waals surface area contributed by atoms with Crippen molar-refractivity contribution in [2.75, 3.05) is 26.2 Å². The standard InChI is InChI=1S/C24H22BrClN2O/c25-20-11-12-22(26)21(17-20)24(29)28-15-13-27(14-16-28)23(18-7-3-1-4-8-18)19-9-5-2-6-10-19/h1-12,17,23H,13-16H2. The fourth-order valence-electron chi connectivity index (χ4n) is 3.90. The van der Waals surface area contributed by atoms with E-state index < -0.39 is 0 Å². The quantitative estimate of drug-likeness (QED) is 0.493. The van der Waals surface area contributed by atoms with Crippen LogP contribution in [0.5, 0.6) is 0 Å². The van der Waals surface area contributed by atoms with Crippen LogP contribution in [-0.2, 0) is 0 Å². The van der Waals surface area contributed by atoms with E-state index in [1.165, 1.54) is 11.1 Å². The average molecular weight is 470 g/mol. The van der Waals surface area contributed by atoms with Gasteiger partial charge >= 0.3 is 0 Å². The van der Waals surface area contributed by atoms with Gasteiger partial charge in [0.1, 0.15) is 0 Å². The lowest BCUT2D eigenvalue weighted by atomic mass is 9.96. The molecule has 0 aliphatic carbocycles. The molecule has 0 saturated carbocycles. The highest BCUT2D eigenvalue weighted by Crippen LogP contribution is 2.30. The van der Waals surface area contributed by atoms with Gasteiger partial charge in [0.2, 0.25) is 0 Å². The number of hydrogen-bond donors (Lipinski definition) is 0. The minimum Gasteiger partial charge on any atom is -0.336 e. The highest BCUT2D eigenvalue weighted by atomic mass is 79.9. The van der Waals surface area contributed by atoms with Crippen LogP contribution in [0, 0.1) is 0 Å². The second-order valence-corrected chi connectivity index (χ2v) is 8.50. The minimum absolute atomic E-state index is 0.00748. The van der Waals surface area contributed by atoms with Gasteiger partial charge in [-0.05, 0) is 29.3 Å². The number of rotatable bonds is 4. The van der Waals surface area contributed by atoms with E-state index in [-0.39, 0.29) is 11.9 Å². The number of piperazine rings is 1. The summed E-state index contributed by atoms with van der Waals surface area (Å²) in [6.45, 7) is 2.98. The Hall–Kier alpha value is -2.14. The first kappa shape index (κ1) is 20.1. The van der Waals surface area contributed by atoms with Gasteiger partial charge in [0.25, 0.3) is 5.91 Å². The zero-order valence-corrected chi connectivity index (χ0v) is 18.3. The van der Waals surface area contributed by atoms with Crippen LogP contribution in [0.25, 0.3) is 0 Å². The lowest BCUT2D eigenvalue weighted by Crippen LogP contribution is -2.49. The molecule has 1 amide bonds. The van der Waals surface area contributed by atoms with Crippen molar-refractivity contribution in [3.63, 3.8) is 0 Å². The van der Waals surface area contributed by atoms with Crippen LogP contribution >= 0.6 is 27.5 Å². The van der Waals surface area contributed by atoms with Crippen LogP contribution in [0.3, 0.4) is 0 Å². The van der Waals surface area contributed by atoms with Gasteiger partial charge in [-0.3, -0.25) is 9.69 Å². The Labute approximate surface area is 185 Å². The van der Waals surface area contributed by atoms with Crippen molar-refractivity contribution in [1.29, 1.82) is 0 Å². The monoisotopic (exact) mass is 468 g/mol. The molecule has 1 saturated heterocycles. The van der Waals surface area contributed by atoms with Gasteiger partial charge in [-0.15, -0.1) is 0 Å². The first-order valence-corrected chi connectivity index (χ1v) is 10.9. The zero-order chi connectivity index (χ0) is 20.2. The summed E-state index contributed by atoms with van der Waals surface area (Å²) >= 11 is 9.70. The smallest absolute Gasteiger partial charge is 0.255 e. The van der Waals surface area contributed by atoms with Gasteiger partial charge in [-0.2, -0.15) is 0 Å². The zero-order valence-electron chi connectivity index (χ0n) is 16.0. The molecule has 3 aromatic carbocycles. The first-order valence-electron chi connectivity index (χ1n) is 9.72. The fourth-order valence-corrected chi connectivity index (χ4v) is 4.46. The van der Waals surface area contributed by atoms with Crippen molar-refractivity contribution in [3.05, 3.63) is 105 Å². The molecule has 0 unspecified atom stereocenters. The summed E-state index contributed by atoms with van der Waals surface area (Å²) in [5.74, 6) is -0.00748. The molecule has 1 aliphatic rings. The molecular formula is C24H22BrClN2O. The van der Waals surface area contributed by atoms with E-state index in [2.05, 4.69) is 69.4 Å². The van der Waals surface area contributed by atoms with Gasteiger partial charge in [0.15, 0.2) is 0 Å². The third kappa shape index (κ3) is 4.55. The van der Waals surface area contributed by atoms with Crippen molar-refractivity contribution >= 4 is 33.4 Å². The lowest BCUT2D eigenvalue weighted by Gasteiger charge is -2.40. The third-order valence-corrected chi connectivity index (χ3v) is 6.18. The Morgan fingerprint density at radius 1 is 0.828 bits per heavy atom. The van der Waals surface area contributed by atoms with Crippen LogP contribution in [0.2, 0.25) is 5.02 Å². The first-order chi connectivity index (χ1) is 14.1. The van der Waals surface area contributed by atoms with Crippen molar-refractivity contribution in [3.8, 4) is 0 Å². The molecule has 0 radical (unpaired) electrons. The number of nitrogens with zero attached hydrogens (tertiary/aromatic N) is 2. The van der Waals surface area contributed by atoms with Gasteiger partial charge in [0, 0.05) is 30.7 Å². The maximum atomic E-state index is 13.0. The molecule has 3 nitrogen and oxygen atoms in total. The number of amides is 1. The molecule has 0 N–H and O–H groups in total. The number of carbonyl (C=O) groups is 1.